The summed E-state index contributed by atoms with van der Waals surface area (Å²) < 4.78 is 10.4. The van der Waals surface area contributed by atoms with Crippen molar-refractivity contribution in [1.82, 2.24) is 10.7 Å². The van der Waals surface area contributed by atoms with Crippen molar-refractivity contribution in [2.75, 3.05) is 17.7 Å². The molecule has 0 bridgehead atoms. The second-order valence-electron chi connectivity index (χ2n) is 6.95. The van der Waals surface area contributed by atoms with Crippen LogP contribution >= 0.6 is 23.2 Å². The van der Waals surface area contributed by atoms with Crippen molar-refractivity contribution in [2.24, 2.45) is 5.10 Å². The van der Waals surface area contributed by atoms with E-state index in [1.54, 1.807) is 24.3 Å². The molecule has 36 heavy (non-hydrogen) atoms. The Morgan fingerprint density at radius 1 is 0.917 bits per heavy atom. The van der Waals surface area contributed by atoms with Crippen LogP contribution in [0.5, 0.6) is 5.75 Å². The molecule has 4 amide bonds. The van der Waals surface area contributed by atoms with E-state index in [-0.39, 0.29) is 17.3 Å². The van der Waals surface area contributed by atoms with E-state index in [4.69, 9.17) is 32.4 Å². The van der Waals surface area contributed by atoms with Gasteiger partial charge in [-0.15, -0.1) is 0 Å². The average Bonchev–Trinajstić information content (AvgIpc) is 3.30. The summed E-state index contributed by atoms with van der Waals surface area (Å²) in [4.78, 5) is 47.9. The molecule has 0 spiro atoms. The maximum atomic E-state index is 12.0. The summed E-state index contributed by atoms with van der Waals surface area (Å²) in [6.45, 7) is -0.0746. The number of hydrogen-bond donors (Lipinski definition) is 4. The number of halogens is 2. The minimum Gasteiger partial charge on any atom is -0.495 e. The third-order valence-electron chi connectivity index (χ3n) is 4.37. The fourth-order valence-corrected chi connectivity index (χ4v) is 3.15. The molecular formula is C23H19Cl2N5O6. The first kappa shape index (κ1) is 26.3. The van der Waals surface area contributed by atoms with Gasteiger partial charge in [0.1, 0.15) is 17.3 Å². The SMILES string of the molecule is COc1ccc(NC(=O)C(=O)N/N=C/c2ccc(CNC(=O)C(=O)Nc3cccc(Cl)c3)o2)cc1Cl. The Balaban J connectivity index is 1.44. The Kier molecular flexibility index (Phi) is 9.03. The summed E-state index contributed by atoms with van der Waals surface area (Å²) >= 11 is 11.8. The number of carbonyl (C=O) groups is 4. The Hall–Kier alpha value is -4.35. The number of rotatable bonds is 7. The highest BCUT2D eigenvalue weighted by molar-refractivity contribution is 6.40. The molecule has 0 unspecified atom stereocenters. The van der Waals surface area contributed by atoms with Crippen molar-refractivity contribution in [3.8, 4) is 5.75 Å². The van der Waals surface area contributed by atoms with Gasteiger partial charge in [0, 0.05) is 16.4 Å². The summed E-state index contributed by atoms with van der Waals surface area (Å²) in [5.41, 5.74) is 2.73. The van der Waals surface area contributed by atoms with Crippen molar-refractivity contribution >= 4 is 64.4 Å². The summed E-state index contributed by atoms with van der Waals surface area (Å²) in [6.07, 6.45) is 1.16. The molecule has 3 rings (SSSR count). The van der Waals surface area contributed by atoms with Crippen molar-refractivity contribution in [3.63, 3.8) is 0 Å². The molecular weight excluding hydrogens is 513 g/mol. The van der Waals surface area contributed by atoms with Crippen LogP contribution in [0.3, 0.4) is 0 Å². The van der Waals surface area contributed by atoms with Crippen LogP contribution in [-0.2, 0) is 25.7 Å². The van der Waals surface area contributed by atoms with Gasteiger partial charge in [-0.1, -0.05) is 29.3 Å². The van der Waals surface area contributed by atoms with Gasteiger partial charge in [-0.3, -0.25) is 19.2 Å². The summed E-state index contributed by atoms with van der Waals surface area (Å²) in [5.74, 6) is -2.77. The van der Waals surface area contributed by atoms with Crippen LogP contribution in [0.1, 0.15) is 11.5 Å². The molecule has 0 atom stereocenters. The highest BCUT2D eigenvalue weighted by atomic mass is 35.5. The van der Waals surface area contributed by atoms with Gasteiger partial charge >= 0.3 is 23.6 Å². The largest absolute Gasteiger partial charge is 0.495 e. The van der Waals surface area contributed by atoms with Gasteiger partial charge in [-0.2, -0.15) is 5.10 Å². The molecule has 0 aliphatic carbocycles. The molecule has 0 saturated carbocycles. The number of nitrogens with zero attached hydrogens (tertiary/aromatic N) is 1. The lowest BCUT2D eigenvalue weighted by atomic mass is 10.3. The fraction of sp³-hybridized carbons (Fsp3) is 0.0870. The van der Waals surface area contributed by atoms with Gasteiger partial charge in [0.25, 0.3) is 0 Å². The number of amides is 4. The number of anilines is 2. The number of methoxy groups -OCH3 is 1. The van der Waals surface area contributed by atoms with Gasteiger partial charge in [0.15, 0.2) is 0 Å². The molecule has 1 heterocycles. The van der Waals surface area contributed by atoms with Crippen LogP contribution in [0.4, 0.5) is 11.4 Å². The van der Waals surface area contributed by atoms with E-state index in [1.165, 1.54) is 37.4 Å². The molecule has 3 aromatic rings. The van der Waals surface area contributed by atoms with Crippen molar-refractivity contribution in [2.45, 2.75) is 6.54 Å². The van der Waals surface area contributed by atoms with E-state index < -0.39 is 23.6 Å². The fourth-order valence-electron chi connectivity index (χ4n) is 2.70. The predicted molar refractivity (Wildman–Crippen MR) is 133 cm³/mol. The van der Waals surface area contributed by atoms with Crippen LogP contribution in [0.15, 0.2) is 64.1 Å². The molecule has 0 aliphatic heterocycles. The van der Waals surface area contributed by atoms with Crippen LogP contribution < -0.4 is 26.1 Å². The zero-order valence-electron chi connectivity index (χ0n) is 18.6. The average molecular weight is 532 g/mol. The quantitative estimate of drug-likeness (QED) is 0.209. The summed E-state index contributed by atoms with van der Waals surface area (Å²) in [5, 5.41) is 11.5. The second kappa shape index (κ2) is 12.4. The van der Waals surface area contributed by atoms with E-state index in [2.05, 4.69) is 26.5 Å². The first-order valence-electron chi connectivity index (χ1n) is 10.2. The van der Waals surface area contributed by atoms with E-state index >= 15 is 0 Å². The molecule has 0 aliphatic rings. The monoisotopic (exact) mass is 531 g/mol. The third-order valence-corrected chi connectivity index (χ3v) is 4.90. The Bertz CT molecular complexity index is 1320. The first-order chi connectivity index (χ1) is 17.2. The standard InChI is InChI=1S/C23H19Cl2N5O6/c1-35-19-8-5-15(10-18(19)25)29-22(33)23(34)30-27-12-17-7-6-16(36-17)11-26-20(31)21(32)28-14-4-2-3-13(24)9-14/h2-10,12H,11H2,1H3,(H,26,31)(H,28,32)(H,29,33)(H,30,34)/b27-12+. The molecule has 2 aromatic carbocycles. The van der Waals surface area contributed by atoms with Crippen LogP contribution in [0.2, 0.25) is 10.0 Å². The molecule has 186 valence electrons. The van der Waals surface area contributed by atoms with Crippen LogP contribution in [0.25, 0.3) is 0 Å². The Morgan fingerprint density at radius 3 is 2.33 bits per heavy atom. The van der Waals surface area contributed by atoms with Crippen LogP contribution in [0, 0.1) is 0 Å². The van der Waals surface area contributed by atoms with E-state index in [1.807, 2.05) is 0 Å². The minimum atomic E-state index is -1.03. The lowest BCUT2D eigenvalue weighted by Crippen LogP contribution is -2.34. The number of furan rings is 1. The highest BCUT2D eigenvalue weighted by Crippen LogP contribution is 2.27. The molecule has 0 fully saturated rings. The lowest BCUT2D eigenvalue weighted by Gasteiger charge is -2.07. The molecule has 1 aromatic heterocycles. The number of benzene rings is 2. The number of nitrogens with one attached hydrogen (secondary N) is 4. The number of hydrogen-bond acceptors (Lipinski definition) is 7. The number of carbonyl (C=O) groups excluding carboxylic acids is 4. The topological polar surface area (TPSA) is 151 Å². The smallest absolute Gasteiger partial charge is 0.329 e. The number of ether oxygens (including phenoxy) is 1. The zero-order valence-corrected chi connectivity index (χ0v) is 20.1. The maximum absolute atomic E-state index is 12.0. The second-order valence-corrected chi connectivity index (χ2v) is 7.80. The maximum Gasteiger partial charge on any atom is 0.329 e. The predicted octanol–water partition coefficient (Wildman–Crippen LogP) is 2.94. The molecule has 11 nitrogen and oxygen atoms in total. The minimum absolute atomic E-state index is 0.0746. The normalized spacial score (nSPS) is 10.5. The van der Waals surface area contributed by atoms with Crippen LogP contribution in [-0.4, -0.2) is 37.0 Å². The Morgan fingerprint density at radius 2 is 1.64 bits per heavy atom. The Labute approximate surface area is 214 Å². The molecule has 13 heteroatoms. The number of hydrazone groups is 1. The third kappa shape index (κ3) is 7.58. The molecule has 0 saturated heterocycles. The van der Waals surface area contributed by atoms with Gasteiger partial charge in [0.05, 0.1) is 24.9 Å². The van der Waals surface area contributed by atoms with Gasteiger partial charge < -0.3 is 25.1 Å². The van der Waals surface area contributed by atoms with Gasteiger partial charge in [-0.25, -0.2) is 5.43 Å². The van der Waals surface area contributed by atoms with E-state index in [0.29, 0.717) is 27.9 Å². The van der Waals surface area contributed by atoms with E-state index in [0.717, 1.165) is 6.21 Å². The molecule has 4 N–H and O–H groups in total. The van der Waals surface area contributed by atoms with Gasteiger partial charge in [-0.05, 0) is 48.5 Å². The van der Waals surface area contributed by atoms with Gasteiger partial charge in [0.2, 0.25) is 0 Å². The van der Waals surface area contributed by atoms with Crippen molar-refractivity contribution in [3.05, 3.63) is 76.2 Å². The molecule has 0 radical (unpaired) electrons. The zero-order chi connectivity index (χ0) is 26.1. The summed E-state index contributed by atoms with van der Waals surface area (Å²) in [6, 6.07) is 13.9. The van der Waals surface area contributed by atoms with Crippen molar-refractivity contribution < 1.29 is 28.3 Å². The first-order valence-corrected chi connectivity index (χ1v) is 10.9. The van der Waals surface area contributed by atoms with E-state index in [9.17, 15) is 19.2 Å². The summed E-state index contributed by atoms with van der Waals surface area (Å²) in [7, 11) is 1.45. The lowest BCUT2D eigenvalue weighted by molar-refractivity contribution is -0.136. The van der Waals surface area contributed by atoms with Crippen molar-refractivity contribution in [1.29, 1.82) is 0 Å². The highest BCUT2D eigenvalue weighted by Gasteiger charge is 2.15.